The SMILES string of the molecule is CC(=O)OC(C)c1ccc(C(C)c2ccccc2)c(/C(=C2\CC(c3ccccc3)=c3ccccc3=C2c2ccccc2)c2ccccc2)c1. The number of hydrogen-bond acceptors (Lipinski definition) is 2. The molecule has 6 aromatic carbocycles. The van der Waals surface area contributed by atoms with Gasteiger partial charge in [0.05, 0.1) is 0 Å². The lowest BCUT2D eigenvalue weighted by Gasteiger charge is -2.28. The zero-order valence-electron chi connectivity index (χ0n) is 28.3. The largest absolute Gasteiger partial charge is 0.458 e. The molecule has 2 atom stereocenters. The van der Waals surface area contributed by atoms with Gasteiger partial charge in [0.1, 0.15) is 6.10 Å². The van der Waals surface area contributed by atoms with Crippen LogP contribution in [-0.4, -0.2) is 5.97 Å². The van der Waals surface area contributed by atoms with Crippen molar-refractivity contribution in [2.45, 2.75) is 39.2 Å². The summed E-state index contributed by atoms with van der Waals surface area (Å²) in [7, 11) is 0. The molecule has 0 spiro atoms. The molecule has 7 rings (SSSR count). The van der Waals surface area contributed by atoms with Crippen LogP contribution in [0.1, 0.15) is 78.2 Å². The number of benzene rings is 6. The van der Waals surface area contributed by atoms with Crippen molar-refractivity contribution in [3.05, 3.63) is 219 Å². The topological polar surface area (TPSA) is 26.3 Å². The molecule has 240 valence electrons. The molecule has 0 aliphatic heterocycles. The van der Waals surface area contributed by atoms with E-state index in [0.717, 1.165) is 23.1 Å². The van der Waals surface area contributed by atoms with E-state index in [0.29, 0.717) is 0 Å². The fourth-order valence-electron chi connectivity index (χ4n) is 7.29. The molecule has 1 aliphatic rings. The Morgan fingerprint density at radius 2 is 1.14 bits per heavy atom. The van der Waals surface area contributed by atoms with Crippen LogP contribution >= 0.6 is 0 Å². The van der Waals surface area contributed by atoms with Gasteiger partial charge in [0.25, 0.3) is 0 Å². The number of ether oxygens (including phenoxy) is 1. The van der Waals surface area contributed by atoms with Crippen molar-refractivity contribution in [2.75, 3.05) is 0 Å². The van der Waals surface area contributed by atoms with E-state index in [4.69, 9.17) is 4.74 Å². The van der Waals surface area contributed by atoms with Gasteiger partial charge in [-0.15, -0.1) is 0 Å². The summed E-state index contributed by atoms with van der Waals surface area (Å²) >= 11 is 0. The molecular formula is C47H40O2. The molecule has 1 aliphatic carbocycles. The molecule has 6 aromatic rings. The summed E-state index contributed by atoms with van der Waals surface area (Å²) in [5.41, 5.74) is 13.2. The molecule has 2 unspecified atom stereocenters. The minimum atomic E-state index is -0.393. The highest BCUT2D eigenvalue weighted by atomic mass is 16.5. The molecular weight excluding hydrogens is 597 g/mol. The molecule has 0 amide bonds. The third kappa shape index (κ3) is 6.55. The number of allylic oxidation sites excluding steroid dienone is 1. The monoisotopic (exact) mass is 636 g/mol. The van der Waals surface area contributed by atoms with E-state index >= 15 is 0 Å². The van der Waals surface area contributed by atoms with E-state index in [1.807, 2.05) is 6.92 Å². The first-order valence-corrected chi connectivity index (χ1v) is 17.1. The Kier molecular flexibility index (Phi) is 9.21. The first-order chi connectivity index (χ1) is 24.0. The second-order valence-corrected chi connectivity index (χ2v) is 12.8. The first-order valence-electron chi connectivity index (χ1n) is 17.1. The van der Waals surface area contributed by atoms with Crippen molar-refractivity contribution in [1.82, 2.24) is 0 Å². The van der Waals surface area contributed by atoms with Gasteiger partial charge < -0.3 is 4.74 Å². The van der Waals surface area contributed by atoms with Crippen molar-refractivity contribution in [1.29, 1.82) is 0 Å². The van der Waals surface area contributed by atoms with E-state index in [9.17, 15) is 4.79 Å². The summed E-state index contributed by atoms with van der Waals surface area (Å²) in [4.78, 5) is 12.1. The fourth-order valence-corrected chi connectivity index (χ4v) is 7.29. The van der Waals surface area contributed by atoms with Crippen LogP contribution in [-0.2, 0) is 9.53 Å². The van der Waals surface area contributed by atoms with Crippen molar-refractivity contribution < 1.29 is 9.53 Å². The predicted octanol–water partition coefficient (Wildman–Crippen LogP) is 9.77. The highest BCUT2D eigenvalue weighted by Crippen LogP contribution is 2.43. The Labute approximate surface area is 289 Å². The fraction of sp³-hybridized carbons (Fsp3) is 0.128. The quantitative estimate of drug-likeness (QED) is 0.156. The lowest BCUT2D eigenvalue weighted by molar-refractivity contribution is -0.145. The van der Waals surface area contributed by atoms with Gasteiger partial charge in [-0.3, -0.25) is 4.79 Å². The summed E-state index contributed by atoms with van der Waals surface area (Å²) in [5.74, 6) is -0.176. The smallest absolute Gasteiger partial charge is 0.303 e. The van der Waals surface area contributed by atoms with E-state index in [1.54, 1.807) is 0 Å². The number of carbonyl (C=O) groups is 1. The molecule has 0 N–H and O–H groups in total. The summed E-state index contributed by atoms with van der Waals surface area (Å²) < 4.78 is 5.75. The van der Waals surface area contributed by atoms with E-state index in [2.05, 4.69) is 171 Å². The normalized spacial score (nSPS) is 14.8. The van der Waals surface area contributed by atoms with Crippen LogP contribution in [0.4, 0.5) is 0 Å². The maximum absolute atomic E-state index is 12.1. The van der Waals surface area contributed by atoms with E-state index in [-0.39, 0.29) is 11.9 Å². The van der Waals surface area contributed by atoms with Crippen LogP contribution in [0, 0.1) is 0 Å². The standard InChI is InChI=1S/C47H40O2/c1-32(35-18-8-4-9-19-35)40-29-28-39(33(2)49-34(3)48)30-44(40)47(38-24-14-7-15-25-38)45-31-43(36-20-10-5-11-21-36)41-26-16-17-27-42(41)46(45)37-22-12-6-13-23-37/h4-30,32-33H,31H2,1-3H3/b47-45+. The van der Waals surface area contributed by atoms with Gasteiger partial charge >= 0.3 is 5.97 Å². The summed E-state index contributed by atoms with van der Waals surface area (Å²) in [5, 5.41) is 2.49. The molecule has 0 heterocycles. The third-order valence-electron chi connectivity index (χ3n) is 9.65. The summed E-state index contributed by atoms with van der Waals surface area (Å²) in [6.45, 7) is 5.72. The number of esters is 1. The number of fused-ring (bicyclic) bond motifs is 1. The second kappa shape index (κ2) is 14.2. The molecule has 49 heavy (non-hydrogen) atoms. The Balaban J connectivity index is 1.63. The van der Waals surface area contributed by atoms with Gasteiger partial charge in [0, 0.05) is 12.8 Å². The van der Waals surface area contributed by atoms with Crippen molar-refractivity contribution in [2.24, 2.45) is 0 Å². The number of carbonyl (C=O) groups excluding carboxylic acids is 1. The number of hydrogen-bond donors (Lipinski definition) is 0. The van der Waals surface area contributed by atoms with Gasteiger partial charge in [-0.05, 0) is 91.1 Å². The molecule has 0 bridgehead atoms. The lowest BCUT2D eigenvalue weighted by Crippen LogP contribution is -2.34. The van der Waals surface area contributed by atoms with Crippen LogP contribution in [0.25, 0.3) is 16.7 Å². The van der Waals surface area contributed by atoms with Gasteiger partial charge in [0.2, 0.25) is 0 Å². The third-order valence-corrected chi connectivity index (χ3v) is 9.65. The molecule has 0 radical (unpaired) electrons. The first kappa shape index (κ1) is 31.8. The molecule has 0 saturated carbocycles. The molecule has 0 fully saturated rings. The van der Waals surface area contributed by atoms with Crippen LogP contribution < -0.4 is 10.4 Å². The minimum absolute atomic E-state index is 0.113. The zero-order chi connectivity index (χ0) is 33.7. The average molecular weight is 637 g/mol. The Bertz CT molecular complexity index is 2250. The Morgan fingerprint density at radius 3 is 1.78 bits per heavy atom. The lowest BCUT2D eigenvalue weighted by atomic mass is 9.76. The van der Waals surface area contributed by atoms with Crippen LogP contribution in [0.15, 0.2) is 169 Å². The Hall–Kier alpha value is -5.73. The van der Waals surface area contributed by atoms with Gasteiger partial charge in [-0.2, -0.15) is 0 Å². The highest BCUT2D eigenvalue weighted by molar-refractivity contribution is 5.99. The van der Waals surface area contributed by atoms with E-state index in [1.165, 1.54) is 61.9 Å². The van der Waals surface area contributed by atoms with Gasteiger partial charge in [-0.25, -0.2) is 0 Å². The minimum Gasteiger partial charge on any atom is -0.458 e. The van der Waals surface area contributed by atoms with Crippen LogP contribution in [0.2, 0.25) is 0 Å². The Morgan fingerprint density at radius 1 is 0.592 bits per heavy atom. The van der Waals surface area contributed by atoms with Crippen molar-refractivity contribution >= 4 is 22.7 Å². The highest BCUT2D eigenvalue weighted by Gasteiger charge is 2.27. The van der Waals surface area contributed by atoms with Crippen LogP contribution in [0.5, 0.6) is 0 Å². The zero-order valence-corrected chi connectivity index (χ0v) is 28.3. The number of rotatable bonds is 8. The van der Waals surface area contributed by atoms with Crippen molar-refractivity contribution in [3.63, 3.8) is 0 Å². The molecule has 0 aromatic heterocycles. The van der Waals surface area contributed by atoms with E-state index < -0.39 is 6.10 Å². The maximum atomic E-state index is 12.1. The maximum Gasteiger partial charge on any atom is 0.303 e. The second-order valence-electron chi connectivity index (χ2n) is 12.8. The molecule has 2 nitrogen and oxygen atoms in total. The van der Waals surface area contributed by atoms with Gasteiger partial charge in [-0.1, -0.05) is 165 Å². The average Bonchev–Trinajstić information content (AvgIpc) is 3.15. The van der Waals surface area contributed by atoms with Crippen molar-refractivity contribution in [3.8, 4) is 0 Å². The predicted molar refractivity (Wildman–Crippen MR) is 201 cm³/mol. The summed E-state index contributed by atoms with van der Waals surface area (Å²) in [6, 6.07) is 58.6. The molecule has 0 saturated heterocycles. The molecule has 2 heteroatoms. The van der Waals surface area contributed by atoms with Gasteiger partial charge in [0.15, 0.2) is 0 Å². The van der Waals surface area contributed by atoms with Crippen LogP contribution in [0.3, 0.4) is 0 Å². The summed E-state index contributed by atoms with van der Waals surface area (Å²) in [6.07, 6.45) is 0.355.